The van der Waals surface area contributed by atoms with E-state index in [0.717, 1.165) is 70.5 Å². The number of aryl methyl sites for hydroxylation is 2. The molecule has 4 aromatic heterocycles. The number of aromatic nitrogens is 8. The van der Waals surface area contributed by atoms with Crippen LogP contribution < -0.4 is 5.69 Å². The summed E-state index contributed by atoms with van der Waals surface area (Å²) in [5, 5.41) is 14.6. The Morgan fingerprint density at radius 2 is 1.86 bits per heavy atom. The molecule has 0 radical (unpaired) electrons. The van der Waals surface area contributed by atoms with Gasteiger partial charge in [-0.25, -0.2) is 4.79 Å². The summed E-state index contributed by atoms with van der Waals surface area (Å²) in [6, 6.07) is 11.9. The average Bonchev–Trinajstić information content (AvgIpc) is 3.65. The molecule has 0 saturated carbocycles. The minimum Gasteiger partial charge on any atom is -0.333 e. The van der Waals surface area contributed by atoms with E-state index in [4.69, 9.17) is 0 Å². The van der Waals surface area contributed by atoms with Gasteiger partial charge in [0.15, 0.2) is 0 Å². The van der Waals surface area contributed by atoms with Crippen LogP contribution in [0.5, 0.6) is 0 Å². The summed E-state index contributed by atoms with van der Waals surface area (Å²) in [4.78, 5) is 18.3. The highest BCUT2D eigenvalue weighted by Gasteiger charge is 2.20. The Bertz CT molecular complexity index is 1550. The number of hydrogen-bond acceptors (Lipinski definition) is 5. The van der Waals surface area contributed by atoms with Crippen molar-refractivity contribution in [1.29, 1.82) is 0 Å². The fraction of sp³-hybridized carbons (Fsp3) is 0.296. The summed E-state index contributed by atoms with van der Waals surface area (Å²) >= 11 is 3.66. The molecular weight excluding hydrogens is 532 g/mol. The van der Waals surface area contributed by atoms with E-state index >= 15 is 0 Å². The van der Waals surface area contributed by atoms with Gasteiger partial charge in [0, 0.05) is 42.6 Å². The zero-order valence-corrected chi connectivity index (χ0v) is 22.5. The van der Waals surface area contributed by atoms with Crippen LogP contribution in [0.4, 0.5) is 0 Å². The predicted molar refractivity (Wildman–Crippen MR) is 147 cm³/mol. The van der Waals surface area contributed by atoms with Crippen molar-refractivity contribution in [2.45, 2.75) is 52.6 Å². The third-order valence-corrected chi connectivity index (χ3v) is 7.08. The molecular formula is C27H29BrN8O. The summed E-state index contributed by atoms with van der Waals surface area (Å²) in [5.41, 5.74) is 4.68. The maximum atomic E-state index is 13.9. The van der Waals surface area contributed by atoms with Gasteiger partial charge in [-0.1, -0.05) is 44.5 Å². The van der Waals surface area contributed by atoms with E-state index in [-0.39, 0.29) is 5.69 Å². The number of benzene rings is 1. The van der Waals surface area contributed by atoms with Gasteiger partial charge in [-0.05, 0) is 69.2 Å². The Kier molecular flexibility index (Phi) is 7.45. The number of aromatic amines is 1. The van der Waals surface area contributed by atoms with Crippen LogP contribution >= 0.6 is 15.9 Å². The molecule has 0 aliphatic rings. The molecule has 0 amide bonds. The third kappa shape index (κ3) is 4.93. The second-order valence-electron chi connectivity index (χ2n) is 8.96. The minimum absolute atomic E-state index is 0.0656. The van der Waals surface area contributed by atoms with Crippen molar-refractivity contribution >= 4 is 15.9 Å². The number of imidazole rings is 1. The lowest BCUT2D eigenvalue weighted by atomic mass is 9.96. The number of unbranched alkanes of at least 4 members (excludes halogenated alkanes) is 1. The van der Waals surface area contributed by atoms with Crippen LogP contribution in [0.15, 0.2) is 70.5 Å². The van der Waals surface area contributed by atoms with Gasteiger partial charge >= 0.3 is 5.69 Å². The maximum Gasteiger partial charge on any atom is 0.334 e. The summed E-state index contributed by atoms with van der Waals surface area (Å²) < 4.78 is 6.67. The number of nitrogens with one attached hydrogen (secondary N) is 1. The molecule has 5 rings (SSSR count). The first kappa shape index (κ1) is 24.9. The second-order valence-corrected chi connectivity index (χ2v) is 9.81. The van der Waals surface area contributed by atoms with Gasteiger partial charge in [0.05, 0.1) is 11.0 Å². The third-order valence-electron chi connectivity index (χ3n) is 6.46. The highest BCUT2D eigenvalue weighted by Crippen LogP contribution is 2.32. The molecule has 0 unspecified atom stereocenters. The minimum atomic E-state index is -0.0656. The molecule has 1 aromatic carbocycles. The Morgan fingerprint density at radius 3 is 2.62 bits per heavy atom. The molecule has 0 aliphatic carbocycles. The predicted octanol–water partition coefficient (Wildman–Crippen LogP) is 5.25. The standard InChI is InChI=1S/C27H29BrN8O/c1-3-5-8-20-18-36(26-24(28)12-15-34(26)14-4-2)27(37)35(20)17-19-16-29-13-11-21(19)22-9-6-7-10-23(22)25-30-32-33-31-25/h6-7,9-13,15-16,18H,3-5,8,14,17H2,1-2H3,(H,30,31,32,33). The molecule has 190 valence electrons. The van der Waals surface area contributed by atoms with E-state index in [0.29, 0.717) is 12.4 Å². The molecule has 9 nitrogen and oxygen atoms in total. The first-order valence-electron chi connectivity index (χ1n) is 12.5. The van der Waals surface area contributed by atoms with Gasteiger partial charge in [0.25, 0.3) is 0 Å². The van der Waals surface area contributed by atoms with Crippen molar-refractivity contribution in [2.24, 2.45) is 0 Å². The number of rotatable bonds is 10. The number of nitrogens with zero attached hydrogens (tertiary/aromatic N) is 7. The van der Waals surface area contributed by atoms with Gasteiger partial charge in [0.1, 0.15) is 5.82 Å². The zero-order chi connectivity index (χ0) is 25.8. The second kappa shape index (κ2) is 11.1. The molecule has 4 heterocycles. The van der Waals surface area contributed by atoms with Crippen molar-refractivity contribution in [1.82, 2.24) is 39.3 Å². The lowest BCUT2D eigenvalue weighted by Crippen LogP contribution is -2.26. The lowest BCUT2D eigenvalue weighted by Gasteiger charge is -2.14. The van der Waals surface area contributed by atoms with Crippen molar-refractivity contribution < 1.29 is 0 Å². The molecule has 0 atom stereocenters. The van der Waals surface area contributed by atoms with Crippen molar-refractivity contribution in [3.63, 3.8) is 0 Å². The SMILES string of the molecule is CCCCc1cn(-c2c(Br)ccn2CCC)c(=O)n1Cc1cnccc1-c1ccccc1-c1nn[nH]n1. The van der Waals surface area contributed by atoms with Crippen LogP contribution in [-0.2, 0) is 19.5 Å². The topological polar surface area (TPSA) is 99.2 Å². The Hall–Kier alpha value is -3.79. The van der Waals surface area contributed by atoms with E-state index in [1.54, 1.807) is 10.8 Å². The van der Waals surface area contributed by atoms with E-state index in [1.165, 1.54) is 0 Å². The number of hydrogen-bond donors (Lipinski definition) is 1. The van der Waals surface area contributed by atoms with Crippen LogP contribution in [0.2, 0.25) is 0 Å². The smallest absolute Gasteiger partial charge is 0.333 e. The molecule has 10 heteroatoms. The summed E-state index contributed by atoms with van der Waals surface area (Å²) in [5.74, 6) is 1.38. The molecule has 0 aliphatic heterocycles. The largest absolute Gasteiger partial charge is 0.334 e. The van der Waals surface area contributed by atoms with Crippen LogP contribution in [0.25, 0.3) is 28.3 Å². The molecule has 37 heavy (non-hydrogen) atoms. The van der Waals surface area contributed by atoms with Gasteiger partial charge in [-0.2, -0.15) is 5.21 Å². The molecule has 0 bridgehead atoms. The fourth-order valence-corrected chi connectivity index (χ4v) is 5.23. The highest BCUT2D eigenvalue weighted by molar-refractivity contribution is 9.10. The van der Waals surface area contributed by atoms with Crippen LogP contribution in [0, 0.1) is 0 Å². The molecule has 5 aromatic rings. The quantitative estimate of drug-likeness (QED) is 0.251. The molecule has 0 spiro atoms. The van der Waals surface area contributed by atoms with Gasteiger partial charge in [0.2, 0.25) is 5.82 Å². The van der Waals surface area contributed by atoms with Gasteiger partial charge in [-0.15, -0.1) is 10.2 Å². The number of H-pyrrole nitrogens is 1. The molecule has 1 N–H and O–H groups in total. The van der Waals surface area contributed by atoms with Crippen molar-refractivity contribution in [2.75, 3.05) is 0 Å². The van der Waals surface area contributed by atoms with Crippen LogP contribution in [0.1, 0.15) is 44.4 Å². The Balaban J connectivity index is 1.62. The number of halogens is 1. The zero-order valence-electron chi connectivity index (χ0n) is 20.9. The summed E-state index contributed by atoms with van der Waals surface area (Å²) in [7, 11) is 0. The first-order valence-corrected chi connectivity index (χ1v) is 13.3. The van der Waals surface area contributed by atoms with E-state index in [1.807, 2.05) is 59.6 Å². The summed E-state index contributed by atoms with van der Waals surface area (Å²) in [6.07, 6.45) is 11.5. The highest BCUT2D eigenvalue weighted by atomic mass is 79.9. The molecule has 0 fully saturated rings. The fourth-order valence-electron chi connectivity index (χ4n) is 4.69. The van der Waals surface area contributed by atoms with Crippen molar-refractivity contribution in [3.8, 4) is 28.3 Å². The van der Waals surface area contributed by atoms with E-state index < -0.39 is 0 Å². The first-order chi connectivity index (χ1) is 18.1. The van der Waals surface area contributed by atoms with Gasteiger partial charge in [-0.3, -0.25) is 14.1 Å². The van der Waals surface area contributed by atoms with E-state index in [2.05, 4.69) is 60.0 Å². The Morgan fingerprint density at radius 1 is 1.03 bits per heavy atom. The maximum absolute atomic E-state index is 13.9. The molecule has 0 saturated heterocycles. The number of pyridine rings is 1. The van der Waals surface area contributed by atoms with Crippen LogP contribution in [0.3, 0.4) is 0 Å². The van der Waals surface area contributed by atoms with Crippen molar-refractivity contribution in [3.05, 3.63) is 87.4 Å². The normalized spacial score (nSPS) is 11.3. The van der Waals surface area contributed by atoms with Gasteiger partial charge < -0.3 is 4.57 Å². The van der Waals surface area contributed by atoms with Crippen LogP contribution in [-0.4, -0.2) is 39.3 Å². The van der Waals surface area contributed by atoms with E-state index in [9.17, 15) is 4.79 Å². The lowest BCUT2D eigenvalue weighted by molar-refractivity contribution is 0.643. The summed E-state index contributed by atoms with van der Waals surface area (Å²) in [6.45, 7) is 5.54. The monoisotopic (exact) mass is 560 g/mol. The number of tetrazole rings is 1. The average molecular weight is 561 g/mol. The Labute approximate surface area is 223 Å².